The number of nitrogens with zero attached hydrogens (tertiary/aromatic N) is 3. The summed E-state index contributed by atoms with van der Waals surface area (Å²) < 4.78 is 1.39. The predicted molar refractivity (Wildman–Crippen MR) is 99.4 cm³/mol. The van der Waals surface area contributed by atoms with Crippen molar-refractivity contribution in [3.05, 3.63) is 64.6 Å². The van der Waals surface area contributed by atoms with E-state index in [9.17, 15) is 9.59 Å². The SMILES string of the molecule is CNCc1nn2c(C(=O)NC3Cc4ccccc4C3)ccnc2c1C(N)=O. The van der Waals surface area contributed by atoms with E-state index >= 15 is 0 Å². The molecule has 2 amide bonds. The number of hydrogen-bond acceptors (Lipinski definition) is 5. The molecule has 1 aliphatic carbocycles. The summed E-state index contributed by atoms with van der Waals surface area (Å²) in [7, 11) is 1.74. The molecule has 1 aliphatic rings. The Kier molecular flexibility index (Phi) is 4.33. The van der Waals surface area contributed by atoms with Gasteiger partial charge in [-0.3, -0.25) is 9.59 Å². The fourth-order valence-electron chi connectivity index (χ4n) is 3.63. The maximum absolute atomic E-state index is 12.9. The van der Waals surface area contributed by atoms with Crippen molar-refractivity contribution in [2.24, 2.45) is 5.73 Å². The fraction of sp³-hybridized carbons (Fsp3) is 0.263. The number of nitrogens with one attached hydrogen (secondary N) is 2. The van der Waals surface area contributed by atoms with Crippen LogP contribution in [-0.2, 0) is 19.4 Å². The Balaban J connectivity index is 1.65. The van der Waals surface area contributed by atoms with Crippen LogP contribution in [0.25, 0.3) is 5.65 Å². The molecule has 0 saturated heterocycles. The number of primary amides is 1. The minimum absolute atomic E-state index is 0.0288. The number of aromatic nitrogens is 3. The van der Waals surface area contributed by atoms with Gasteiger partial charge >= 0.3 is 0 Å². The van der Waals surface area contributed by atoms with Gasteiger partial charge in [-0.05, 0) is 37.1 Å². The van der Waals surface area contributed by atoms with E-state index in [1.54, 1.807) is 13.1 Å². The highest BCUT2D eigenvalue weighted by atomic mass is 16.2. The maximum Gasteiger partial charge on any atom is 0.270 e. The summed E-state index contributed by atoms with van der Waals surface area (Å²) in [6.07, 6.45) is 3.09. The van der Waals surface area contributed by atoms with E-state index < -0.39 is 5.91 Å². The van der Waals surface area contributed by atoms with Crippen LogP contribution in [0, 0.1) is 0 Å². The fourth-order valence-corrected chi connectivity index (χ4v) is 3.63. The monoisotopic (exact) mass is 364 g/mol. The molecule has 0 fully saturated rings. The lowest BCUT2D eigenvalue weighted by Crippen LogP contribution is -2.36. The van der Waals surface area contributed by atoms with Crippen molar-refractivity contribution in [1.82, 2.24) is 25.2 Å². The van der Waals surface area contributed by atoms with Crippen LogP contribution in [0.2, 0.25) is 0 Å². The topological polar surface area (TPSA) is 114 Å². The van der Waals surface area contributed by atoms with Gasteiger partial charge in [0, 0.05) is 18.8 Å². The third-order valence-electron chi connectivity index (χ3n) is 4.80. The molecule has 27 heavy (non-hydrogen) atoms. The Labute approximate surface area is 155 Å². The predicted octanol–water partition coefficient (Wildman–Crippen LogP) is 0.445. The Morgan fingerprint density at radius 1 is 1.22 bits per heavy atom. The van der Waals surface area contributed by atoms with Crippen molar-refractivity contribution in [3.63, 3.8) is 0 Å². The number of rotatable bonds is 5. The minimum Gasteiger partial charge on any atom is -0.365 e. The van der Waals surface area contributed by atoms with Crippen LogP contribution in [0.15, 0.2) is 36.5 Å². The second kappa shape index (κ2) is 6.81. The lowest BCUT2D eigenvalue weighted by atomic mass is 10.1. The quantitative estimate of drug-likeness (QED) is 0.608. The average Bonchev–Trinajstić information content (AvgIpc) is 3.21. The number of nitrogens with two attached hydrogens (primary N) is 1. The van der Waals surface area contributed by atoms with Gasteiger partial charge in [-0.15, -0.1) is 0 Å². The molecule has 0 spiro atoms. The summed E-state index contributed by atoms with van der Waals surface area (Å²) in [4.78, 5) is 28.9. The Hall–Kier alpha value is -3.26. The molecular weight excluding hydrogens is 344 g/mol. The number of fused-ring (bicyclic) bond motifs is 2. The van der Waals surface area contributed by atoms with E-state index in [0.29, 0.717) is 17.9 Å². The van der Waals surface area contributed by atoms with Gasteiger partial charge < -0.3 is 16.4 Å². The normalized spacial score (nSPS) is 13.7. The largest absolute Gasteiger partial charge is 0.365 e. The van der Waals surface area contributed by atoms with Crippen LogP contribution in [0.1, 0.15) is 37.7 Å². The van der Waals surface area contributed by atoms with Crippen LogP contribution >= 0.6 is 0 Å². The second-order valence-corrected chi connectivity index (χ2v) is 6.63. The summed E-state index contributed by atoms with van der Waals surface area (Å²) in [6, 6.07) is 9.81. The summed E-state index contributed by atoms with van der Waals surface area (Å²) in [6.45, 7) is 0.348. The van der Waals surface area contributed by atoms with Crippen LogP contribution < -0.4 is 16.4 Å². The molecule has 3 aromatic rings. The zero-order valence-electron chi connectivity index (χ0n) is 14.9. The third kappa shape index (κ3) is 3.04. The van der Waals surface area contributed by atoms with E-state index in [-0.39, 0.29) is 23.2 Å². The van der Waals surface area contributed by atoms with Gasteiger partial charge in [-0.2, -0.15) is 5.10 Å². The molecule has 0 saturated carbocycles. The number of carbonyl (C=O) groups excluding carboxylic acids is 2. The Morgan fingerprint density at radius 3 is 2.56 bits per heavy atom. The number of amides is 2. The third-order valence-corrected chi connectivity index (χ3v) is 4.80. The van der Waals surface area contributed by atoms with Crippen molar-refractivity contribution in [2.45, 2.75) is 25.4 Å². The molecular formula is C19H20N6O2. The molecule has 1 aromatic carbocycles. The van der Waals surface area contributed by atoms with E-state index in [2.05, 4.69) is 32.8 Å². The van der Waals surface area contributed by atoms with Crippen molar-refractivity contribution in [1.29, 1.82) is 0 Å². The Morgan fingerprint density at radius 2 is 1.93 bits per heavy atom. The van der Waals surface area contributed by atoms with E-state index in [1.807, 2.05) is 12.1 Å². The first-order valence-electron chi connectivity index (χ1n) is 8.77. The van der Waals surface area contributed by atoms with Crippen molar-refractivity contribution in [3.8, 4) is 0 Å². The first kappa shape index (κ1) is 17.2. The molecule has 8 heteroatoms. The second-order valence-electron chi connectivity index (χ2n) is 6.63. The molecule has 4 N–H and O–H groups in total. The molecule has 0 atom stereocenters. The molecule has 138 valence electrons. The molecule has 2 heterocycles. The van der Waals surface area contributed by atoms with Gasteiger partial charge in [-0.25, -0.2) is 9.50 Å². The van der Waals surface area contributed by atoms with Gasteiger partial charge in [0.2, 0.25) is 0 Å². The molecule has 4 rings (SSSR count). The zero-order valence-corrected chi connectivity index (χ0v) is 14.9. The van der Waals surface area contributed by atoms with Crippen molar-refractivity contribution in [2.75, 3.05) is 7.05 Å². The van der Waals surface area contributed by atoms with Gasteiger partial charge in [0.1, 0.15) is 11.3 Å². The van der Waals surface area contributed by atoms with Crippen LogP contribution in [0.4, 0.5) is 0 Å². The summed E-state index contributed by atoms with van der Waals surface area (Å²) in [5.74, 6) is -0.874. The molecule has 0 radical (unpaired) electrons. The Bertz CT molecular complexity index is 1020. The summed E-state index contributed by atoms with van der Waals surface area (Å²) in [5, 5.41) is 10.4. The van der Waals surface area contributed by atoms with Crippen molar-refractivity contribution < 1.29 is 9.59 Å². The lowest BCUT2D eigenvalue weighted by Gasteiger charge is -2.12. The molecule has 0 aliphatic heterocycles. The van der Waals surface area contributed by atoms with E-state index in [0.717, 1.165) is 12.8 Å². The van der Waals surface area contributed by atoms with Crippen LogP contribution in [-0.4, -0.2) is 39.5 Å². The highest BCUT2D eigenvalue weighted by Crippen LogP contribution is 2.22. The minimum atomic E-state index is -0.619. The van der Waals surface area contributed by atoms with Crippen molar-refractivity contribution >= 4 is 17.5 Å². The highest BCUT2D eigenvalue weighted by Gasteiger charge is 2.26. The summed E-state index contributed by atoms with van der Waals surface area (Å²) >= 11 is 0. The van der Waals surface area contributed by atoms with E-state index in [1.165, 1.54) is 21.8 Å². The highest BCUT2D eigenvalue weighted by molar-refractivity contribution is 6.01. The van der Waals surface area contributed by atoms with Gasteiger partial charge in [0.25, 0.3) is 11.8 Å². The number of benzene rings is 1. The lowest BCUT2D eigenvalue weighted by molar-refractivity contribution is 0.0929. The molecule has 0 unspecified atom stereocenters. The van der Waals surface area contributed by atoms with Gasteiger partial charge in [-0.1, -0.05) is 24.3 Å². The van der Waals surface area contributed by atoms with Crippen LogP contribution in [0.5, 0.6) is 0 Å². The number of carbonyl (C=O) groups is 2. The van der Waals surface area contributed by atoms with Crippen LogP contribution in [0.3, 0.4) is 0 Å². The zero-order chi connectivity index (χ0) is 19.0. The maximum atomic E-state index is 12.9. The molecule has 2 aromatic heterocycles. The number of hydrogen-bond donors (Lipinski definition) is 3. The first-order chi connectivity index (χ1) is 13.1. The van der Waals surface area contributed by atoms with Gasteiger partial charge in [0.05, 0.1) is 5.69 Å². The molecule has 8 nitrogen and oxygen atoms in total. The summed E-state index contributed by atoms with van der Waals surface area (Å²) in [5.41, 5.74) is 9.32. The smallest absolute Gasteiger partial charge is 0.270 e. The van der Waals surface area contributed by atoms with E-state index in [4.69, 9.17) is 5.73 Å². The average molecular weight is 364 g/mol. The first-order valence-corrected chi connectivity index (χ1v) is 8.77. The molecule has 0 bridgehead atoms. The standard InChI is InChI=1S/C19H20N6O2/c1-21-10-14-16(17(20)26)18-22-7-6-15(25(18)24-14)19(27)23-13-8-11-4-2-3-5-12(11)9-13/h2-7,13,21H,8-10H2,1H3,(H2,20,26)(H,23,27). The van der Waals surface area contributed by atoms with Gasteiger partial charge in [0.15, 0.2) is 5.65 Å².